The highest BCUT2D eigenvalue weighted by Gasteiger charge is 2.37. The molecule has 4 amide bonds. The van der Waals surface area contributed by atoms with E-state index in [1.807, 2.05) is 44.2 Å². The second-order valence-corrected chi connectivity index (χ2v) is 8.37. The molecule has 0 aromatic heterocycles. The molecule has 0 spiro atoms. The van der Waals surface area contributed by atoms with E-state index in [0.717, 1.165) is 16.0 Å². The molecule has 1 aliphatic heterocycles. The average Bonchev–Trinajstić information content (AvgIpc) is 2.87. The molecule has 0 unspecified atom stereocenters. The van der Waals surface area contributed by atoms with Crippen LogP contribution in [0, 0.1) is 0 Å². The Balaban J connectivity index is 1.64. The summed E-state index contributed by atoms with van der Waals surface area (Å²) >= 11 is 6.22. The summed E-state index contributed by atoms with van der Waals surface area (Å²) in [5.74, 6) is -0.507. The van der Waals surface area contributed by atoms with Gasteiger partial charge in [0.1, 0.15) is 12.2 Å². The van der Waals surface area contributed by atoms with Crippen LogP contribution in [-0.4, -0.2) is 24.5 Å². The maximum Gasteiger partial charge on any atom is 0.335 e. The predicted molar refractivity (Wildman–Crippen MR) is 138 cm³/mol. The number of carbonyl (C=O) groups excluding carboxylic acids is 3. The Morgan fingerprint density at radius 2 is 1.61 bits per heavy atom. The summed E-state index contributed by atoms with van der Waals surface area (Å²) in [6.45, 7) is 4.40. The molecule has 1 N–H and O–H groups in total. The minimum Gasteiger partial charge on any atom is -0.490 e. The normalized spacial score (nSPS) is 14.7. The molecule has 1 fully saturated rings. The zero-order valence-corrected chi connectivity index (χ0v) is 20.7. The van der Waals surface area contributed by atoms with Crippen LogP contribution in [-0.2, 0) is 22.6 Å². The highest BCUT2D eigenvalue weighted by Crippen LogP contribution is 2.32. The lowest BCUT2D eigenvalue weighted by atomic mass is 10.0. The Morgan fingerprint density at radius 3 is 2.33 bits per heavy atom. The minimum absolute atomic E-state index is 0.160. The summed E-state index contributed by atoms with van der Waals surface area (Å²) in [6, 6.07) is 18.8. The van der Waals surface area contributed by atoms with Gasteiger partial charge in [-0.25, -0.2) is 9.69 Å². The van der Waals surface area contributed by atoms with E-state index < -0.39 is 17.8 Å². The van der Waals surface area contributed by atoms with Crippen LogP contribution in [0.3, 0.4) is 0 Å². The number of carbonyl (C=O) groups is 3. The highest BCUT2D eigenvalue weighted by atomic mass is 35.5. The Bertz CT molecular complexity index is 1350. The molecule has 0 aliphatic carbocycles. The third-order valence-corrected chi connectivity index (χ3v) is 6.00. The lowest BCUT2D eigenvalue weighted by Gasteiger charge is -2.28. The van der Waals surface area contributed by atoms with Gasteiger partial charge in [-0.15, -0.1) is 0 Å². The minimum atomic E-state index is -0.777. The van der Waals surface area contributed by atoms with E-state index in [9.17, 15) is 14.4 Å². The van der Waals surface area contributed by atoms with Crippen LogP contribution in [0.1, 0.15) is 30.5 Å². The van der Waals surface area contributed by atoms with Gasteiger partial charge in [0.05, 0.1) is 12.3 Å². The number of nitrogens with zero attached hydrogens (tertiary/aromatic N) is 1. The third-order valence-electron chi connectivity index (χ3n) is 5.63. The summed E-state index contributed by atoms with van der Waals surface area (Å²) in [5.41, 5.74) is 2.47. The Hall–Kier alpha value is -4.10. The lowest BCUT2D eigenvalue weighted by Crippen LogP contribution is -2.54. The molecule has 0 saturated carbocycles. The maximum atomic E-state index is 13.3. The second-order valence-electron chi connectivity index (χ2n) is 7.96. The Morgan fingerprint density at radius 1 is 0.889 bits per heavy atom. The van der Waals surface area contributed by atoms with Crippen molar-refractivity contribution >= 4 is 41.2 Å². The number of rotatable bonds is 8. The summed E-state index contributed by atoms with van der Waals surface area (Å²) in [6.07, 6.45) is 2.06. The van der Waals surface area contributed by atoms with Gasteiger partial charge in [0, 0.05) is 10.6 Å². The van der Waals surface area contributed by atoms with E-state index in [1.54, 1.807) is 36.4 Å². The molecule has 0 radical (unpaired) electrons. The summed E-state index contributed by atoms with van der Waals surface area (Å²) in [7, 11) is 0. The molecule has 184 valence electrons. The summed E-state index contributed by atoms with van der Waals surface area (Å²) in [5, 5.41) is 2.86. The van der Waals surface area contributed by atoms with Crippen LogP contribution >= 0.6 is 11.6 Å². The van der Waals surface area contributed by atoms with Crippen molar-refractivity contribution in [3.8, 4) is 11.5 Å². The summed E-state index contributed by atoms with van der Waals surface area (Å²) in [4.78, 5) is 39.5. The molecule has 1 aliphatic rings. The van der Waals surface area contributed by atoms with Gasteiger partial charge >= 0.3 is 6.03 Å². The van der Waals surface area contributed by atoms with Crippen molar-refractivity contribution in [2.45, 2.75) is 26.9 Å². The number of ether oxygens (including phenoxy) is 2. The molecule has 1 saturated heterocycles. The second kappa shape index (κ2) is 11.1. The van der Waals surface area contributed by atoms with Crippen molar-refractivity contribution in [2.75, 3.05) is 11.5 Å². The molecule has 4 rings (SSSR count). The standard InChI is InChI=1S/C28H25ClN2O5/c1-3-19-9-6-8-12-23(19)31-27(33)21(26(32)30-28(31)34)15-18-13-14-24(25(16-18)35-4-2)36-17-20-10-5-7-11-22(20)29/h5-16H,3-4,17H2,1-2H3,(H,30,32,34)/b21-15-. The van der Waals surface area contributed by atoms with E-state index in [0.29, 0.717) is 40.8 Å². The van der Waals surface area contributed by atoms with Crippen LogP contribution in [0.5, 0.6) is 11.5 Å². The van der Waals surface area contributed by atoms with E-state index in [1.165, 1.54) is 6.08 Å². The number of para-hydroxylation sites is 1. The topological polar surface area (TPSA) is 84.9 Å². The number of hydrogen-bond acceptors (Lipinski definition) is 5. The molecule has 3 aromatic rings. The molecule has 3 aromatic carbocycles. The number of halogens is 1. The zero-order valence-electron chi connectivity index (χ0n) is 19.9. The SMILES string of the molecule is CCOc1cc(/C=C2/C(=O)NC(=O)N(c3ccccc3CC)C2=O)ccc1OCc1ccccc1Cl. The number of aryl methyl sites for hydroxylation is 1. The van der Waals surface area contributed by atoms with Gasteiger partial charge in [0.2, 0.25) is 0 Å². The fourth-order valence-electron chi connectivity index (χ4n) is 3.84. The quantitative estimate of drug-likeness (QED) is 0.321. The molecule has 0 bridgehead atoms. The van der Waals surface area contributed by atoms with Crippen LogP contribution in [0.4, 0.5) is 10.5 Å². The number of imide groups is 2. The van der Waals surface area contributed by atoms with Crippen LogP contribution < -0.4 is 19.7 Å². The maximum absolute atomic E-state index is 13.3. The van der Waals surface area contributed by atoms with Gasteiger partial charge in [0.25, 0.3) is 11.8 Å². The van der Waals surface area contributed by atoms with Crippen molar-refractivity contribution in [1.82, 2.24) is 5.32 Å². The first kappa shape index (κ1) is 25.0. The average molecular weight is 505 g/mol. The van der Waals surface area contributed by atoms with Crippen LogP contribution in [0.15, 0.2) is 72.3 Å². The van der Waals surface area contributed by atoms with Crippen LogP contribution in [0.2, 0.25) is 5.02 Å². The monoisotopic (exact) mass is 504 g/mol. The largest absolute Gasteiger partial charge is 0.490 e. The van der Waals surface area contributed by atoms with Crippen LogP contribution in [0.25, 0.3) is 6.08 Å². The third kappa shape index (κ3) is 5.26. The van der Waals surface area contributed by atoms with Crippen molar-refractivity contribution in [2.24, 2.45) is 0 Å². The number of nitrogens with one attached hydrogen (secondary N) is 1. The molecule has 7 nitrogen and oxygen atoms in total. The molecule has 0 atom stereocenters. The number of benzene rings is 3. The first-order valence-corrected chi connectivity index (χ1v) is 11.9. The van der Waals surface area contributed by atoms with E-state index in [2.05, 4.69) is 5.32 Å². The van der Waals surface area contributed by atoms with Crippen molar-refractivity contribution in [3.63, 3.8) is 0 Å². The fraction of sp³-hybridized carbons (Fsp3) is 0.179. The number of hydrogen-bond donors (Lipinski definition) is 1. The molecular weight excluding hydrogens is 480 g/mol. The van der Waals surface area contributed by atoms with Gasteiger partial charge < -0.3 is 9.47 Å². The highest BCUT2D eigenvalue weighted by molar-refractivity contribution is 6.39. The molecule has 36 heavy (non-hydrogen) atoms. The predicted octanol–water partition coefficient (Wildman–Crippen LogP) is 5.55. The first-order valence-electron chi connectivity index (χ1n) is 11.5. The van der Waals surface area contributed by atoms with Crippen molar-refractivity contribution < 1.29 is 23.9 Å². The van der Waals surface area contributed by atoms with E-state index in [-0.39, 0.29) is 12.2 Å². The van der Waals surface area contributed by atoms with Gasteiger partial charge in [-0.05, 0) is 54.8 Å². The van der Waals surface area contributed by atoms with Gasteiger partial charge in [-0.3, -0.25) is 14.9 Å². The molecular formula is C28H25ClN2O5. The number of anilines is 1. The van der Waals surface area contributed by atoms with E-state index in [4.69, 9.17) is 21.1 Å². The van der Waals surface area contributed by atoms with E-state index >= 15 is 0 Å². The number of barbiturate groups is 1. The Kier molecular flexibility index (Phi) is 7.71. The van der Waals surface area contributed by atoms with Crippen molar-refractivity contribution in [3.05, 3.63) is 94.0 Å². The smallest absolute Gasteiger partial charge is 0.335 e. The summed E-state index contributed by atoms with van der Waals surface area (Å²) < 4.78 is 11.7. The fourth-order valence-corrected chi connectivity index (χ4v) is 4.03. The Labute approximate surface area is 214 Å². The molecule has 8 heteroatoms. The first-order chi connectivity index (χ1) is 17.4. The van der Waals surface area contributed by atoms with Crippen molar-refractivity contribution in [1.29, 1.82) is 0 Å². The molecule has 1 heterocycles. The zero-order chi connectivity index (χ0) is 25.7. The number of amides is 4. The van der Waals surface area contributed by atoms with Gasteiger partial charge in [0.15, 0.2) is 11.5 Å². The lowest BCUT2D eigenvalue weighted by molar-refractivity contribution is -0.122. The van der Waals surface area contributed by atoms with Gasteiger partial charge in [-0.1, -0.05) is 61.0 Å². The number of urea groups is 1. The van der Waals surface area contributed by atoms with Gasteiger partial charge in [-0.2, -0.15) is 0 Å².